The third kappa shape index (κ3) is 11.1. The Kier molecular flexibility index (Phi) is 12.6. The van der Waals surface area contributed by atoms with Crippen LogP contribution in [-0.2, 0) is 25.6 Å². The number of nitrogens with one attached hydrogen (secondary N) is 3. The van der Waals surface area contributed by atoms with Crippen molar-refractivity contribution in [2.45, 2.75) is 64.1 Å². The van der Waals surface area contributed by atoms with Crippen molar-refractivity contribution >= 4 is 23.7 Å². The largest absolute Gasteiger partial charge is 0.508 e. The number of benzene rings is 1. The smallest absolute Gasteiger partial charge is 0.322 e. The van der Waals surface area contributed by atoms with E-state index >= 15 is 0 Å². The molecular weight excluding hydrogens is 442 g/mol. The molecule has 0 saturated carbocycles. The Morgan fingerprint density at radius 2 is 1.56 bits per heavy atom. The highest BCUT2D eigenvalue weighted by Gasteiger charge is 2.28. The first-order valence-electron chi connectivity index (χ1n) is 11.4. The molecule has 0 fully saturated rings. The van der Waals surface area contributed by atoms with Gasteiger partial charge in [0.2, 0.25) is 17.7 Å². The van der Waals surface area contributed by atoms with Crippen molar-refractivity contribution in [1.82, 2.24) is 16.0 Å². The molecule has 3 unspecified atom stereocenters. The van der Waals surface area contributed by atoms with Crippen LogP contribution in [0.1, 0.15) is 45.1 Å². The van der Waals surface area contributed by atoms with Crippen LogP contribution in [0.5, 0.6) is 5.75 Å². The number of hydrogen-bond donors (Lipinski definition) is 7. The van der Waals surface area contributed by atoms with Gasteiger partial charge in [0.05, 0.1) is 6.04 Å². The monoisotopic (exact) mass is 479 g/mol. The van der Waals surface area contributed by atoms with E-state index in [-0.39, 0.29) is 24.5 Å². The van der Waals surface area contributed by atoms with E-state index in [9.17, 15) is 24.3 Å². The van der Waals surface area contributed by atoms with Gasteiger partial charge < -0.3 is 37.6 Å². The number of aliphatic carboxylic acids is 1. The normalized spacial score (nSPS) is 13.6. The van der Waals surface area contributed by atoms with Gasteiger partial charge in [-0.05, 0) is 55.8 Å². The van der Waals surface area contributed by atoms with Gasteiger partial charge >= 0.3 is 5.97 Å². The van der Waals surface area contributed by atoms with Gasteiger partial charge in [0, 0.05) is 6.42 Å². The summed E-state index contributed by atoms with van der Waals surface area (Å²) in [7, 11) is 0. The molecule has 0 saturated heterocycles. The lowest BCUT2D eigenvalue weighted by Gasteiger charge is -2.24. The number of hydrogen-bond acceptors (Lipinski definition) is 7. The molecule has 9 N–H and O–H groups in total. The Labute approximate surface area is 199 Å². The number of rotatable bonds is 15. The number of aromatic hydroxyl groups is 1. The highest BCUT2D eigenvalue weighted by atomic mass is 16.4. The second-order valence-electron chi connectivity index (χ2n) is 8.62. The minimum Gasteiger partial charge on any atom is -0.508 e. The minimum atomic E-state index is -1.21. The van der Waals surface area contributed by atoms with E-state index in [1.807, 2.05) is 13.8 Å². The third-order valence-electron chi connectivity index (χ3n) is 5.07. The summed E-state index contributed by atoms with van der Waals surface area (Å²) in [5, 5.41) is 25.9. The van der Waals surface area contributed by atoms with Gasteiger partial charge in [0.1, 0.15) is 24.4 Å². The zero-order valence-corrected chi connectivity index (χ0v) is 19.8. The zero-order chi connectivity index (χ0) is 25.7. The van der Waals surface area contributed by atoms with Crippen molar-refractivity contribution < 1.29 is 29.4 Å². The lowest BCUT2D eigenvalue weighted by Crippen LogP contribution is -2.56. The van der Waals surface area contributed by atoms with Gasteiger partial charge in [0.25, 0.3) is 0 Å². The van der Waals surface area contributed by atoms with Crippen molar-refractivity contribution in [2.75, 3.05) is 13.1 Å². The molecule has 1 aromatic rings. The molecule has 0 aliphatic heterocycles. The predicted octanol–water partition coefficient (Wildman–Crippen LogP) is -0.392. The highest BCUT2D eigenvalue weighted by molar-refractivity contribution is 5.93. The number of carboxylic acids is 1. The lowest BCUT2D eigenvalue weighted by molar-refractivity contribution is -0.138. The standard InChI is InChI=1S/C23H37N5O6/c1-14(2)11-17(25)21(32)28-19(12-15-6-8-16(29)9-7-15)23(34)27-18(5-3-4-10-24)22(33)26-13-20(30)31/h6-9,14,17-19,29H,3-5,10-13,24-25H2,1-2H3,(H,26,33)(H,27,34)(H,28,32)(H,30,31). The fourth-order valence-electron chi connectivity index (χ4n) is 3.29. The fraction of sp³-hybridized carbons (Fsp3) is 0.565. The summed E-state index contributed by atoms with van der Waals surface area (Å²) in [6, 6.07) is 3.31. The molecule has 0 heterocycles. The summed E-state index contributed by atoms with van der Waals surface area (Å²) >= 11 is 0. The first kappa shape index (κ1) is 28.9. The minimum absolute atomic E-state index is 0.0582. The SMILES string of the molecule is CC(C)CC(N)C(=O)NC(Cc1ccc(O)cc1)C(=O)NC(CCCCN)C(=O)NCC(=O)O. The van der Waals surface area contributed by atoms with E-state index in [4.69, 9.17) is 16.6 Å². The Morgan fingerprint density at radius 3 is 2.12 bits per heavy atom. The first-order chi connectivity index (χ1) is 16.0. The predicted molar refractivity (Wildman–Crippen MR) is 127 cm³/mol. The highest BCUT2D eigenvalue weighted by Crippen LogP contribution is 2.12. The average molecular weight is 480 g/mol. The van der Waals surface area contributed by atoms with Gasteiger partial charge in [-0.1, -0.05) is 26.0 Å². The number of unbranched alkanes of at least 4 members (excludes halogenated alkanes) is 1. The molecule has 0 aliphatic rings. The van der Waals surface area contributed by atoms with E-state index in [0.717, 1.165) is 0 Å². The topological polar surface area (TPSA) is 197 Å². The maximum atomic E-state index is 13.1. The Bertz CT molecular complexity index is 815. The number of nitrogens with two attached hydrogens (primary N) is 2. The molecule has 0 aliphatic carbocycles. The van der Waals surface area contributed by atoms with Crippen LogP contribution in [0.25, 0.3) is 0 Å². The Morgan fingerprint density at radius 1 is 0.941 bits per heavy atom. The molecular formula is C23H37N5O6. The summed E-state index contributed by atoms with van der Waals surface area (Å²) in [5.74, 6) is -2.72. The molecule has 0 bridgehead atoms. The number of amides is 3. The molecule has 1 rings (SSSR count). The Hall–Kier alpha value is -3.18. The van der Waals surface area contributed by atoms with Crippen molar-refractivity contribution in [3.8, 4) is 5.75 Å². The molecule has 11 nitrogen and oxygen atoms in total. The van der Waals surface area contributed by atoms with Crippen molar-refractivity contribution in [3.05, 3.63) is 29.8 Å². The van der Waals surface area contributed by atoms with Crippen LogP contribution < -0.4 is 27.4 Å². The molecule has 1 aromatic carbocycles. The van der Waals surface area contributed by atoms with E-state index in [0.29, 0.717) is 31.4 Å². The average Bonchev–Trinajstić information content (AvgIpc) is 2.77. The number of phenolic OH excluding ortho intramolecular Hbond substituents is 1. The second kappa shape index (κ2) is 14.9. The van der Waals surface area contributed by atoms with Crippen LogP contribution in [-0.4, -0.2) is 65.1 Å². The van der Waals surface area contributed by atoms with E-state index < -0.39 is 48.4 Å². The summed E-state index contributed by atoms with van der Waals surface area (Å²) < 4.78 is 0. The van der Waals surface area contributed by atoms with Crippen LogP contribution in [0.3, 0.4) is 0 Å². The fourth-order valence-corrected chi connectivity index (χ4v) is 3.29. The van der Waals surface area contributed by atoms with Gasteiger partial charge in [-0.15, -0.1) is 0 Å². The molecule has 0 spiro atoms. The Balaban J connectivity index is 3.03. The molecule has 11 heteroatoms. The first-order valence-corrected chi connectivity index (χ1v) is 11.4. The summed E-state index contributed by atoms with van der Waals surface area (Å²) in [6.07, 6.45) is 1.94. The summed E-state index contributed by atoms with van der Waals surface area (Å²) in [4.78, 5) is 49.1. The molecule has 0 aromatic heterocycles. The number of carbonyl (C=O) groups excluding carboxylic acids is 3. The summed E-state index contributed by atoms with van der Waals surface area (Å²) in [6.45, 7) is 3.68. The van der Waals surface area contributed by atoms with Crippen molar-refractivity contribution in [1.29, 1.82) is 0 Å². The van der Waals surface area contributed by atoms with Crippen LogP contribution in [0.15, 0.2) is 24.3 Å². The molecule has 3 amide bonds. The van der Waals surface area contributed by atoms with E-state index in [1.165, 1.54) is 12.1 Å². The molecule has 3 atom stereocenters. The van der Waals surface area contributed by atoms with Crippen molar-refractivity contribution in [2.24, 2.45) is 17.4 Å². The number of phenols is 1. The molecule has 34 heavy (non-hydrogen) atoms. The van der Waals surface area contributed by atoms with Gasteiger partial charge in [-0.25, -0.2) is 0 Å². The van der Waals surface area contributed by atoms with Crippen LogP contribution in [0.4, 0.5) is 0 Å². The molecule has 0 radical (unpaired) electrons. The number of carbonyl (C=O) groups is 4. The summed E-state index contributed by atoms with van der Waals surface area (Å²) in [5.41, 5.74) is 12.2. The maximum Gasteiger partial charge on any atom is 0.322 e. The molecule has 190 valence electrons. The van der Waals surface area contributed by atoms with Gasteiger partial charge in [-0.3, -0.25) is 19.2 Å². The van der Waals surface area contributed by atoms with Crippen LogP contribution in [0.2, 0.25) is 0 Å². The lowest BCUT2D eigenvalue weighted by atomic mass is 10.0. The van der Waals surface area contributed by atoms with Crippen molar-refractivity contribution in [3.63, 3.8) is 0 Å². The van der Waals surface area contributed by atoms with E-state index in [2.05, 4.69) is 16.0 Å². The maximum absolute atomic E-state index is 13.1. The number of carboxylic acid groups (broad SMARTS) is 1. The second-order valence-corrected chi connectivity index (χ2v) is 8.62. The van der Waals surface area contributed by atoms with Crippen LogP contribution in [0, 0.1) is 5.92 Å². The van der Waals surface area contributed by atoms with Crippen LogP contribution >= 0.6 is 0 Å². The van der Waals surface area contributed by atoms with Gasteiger partial charge in [-0.2, -0.15) is 0 Å². The zero-order valence-electron chi connectivity index (χ0n) is 19.8. The quantitative estimate of drug-likeness (QED) is 0.165. The van der Waals surface area contributed by atoms with Gasteiger partial charge in [0.15, 0.2) is 0 Å². The van der Waals surface area contributed by atoms with E-state index in [1.54, 1.807) is 12.1 Å². The third-order valence-corrected chi connectivity index (χ3v) is 5.07.